The number of hydrogen-bond donors (Lipinski definition) is 4. The third-order valence-corrected chi connectivity index (χ3v) is 1.57. The minimum Gasteiger partial charge on any atom is -0.393 e. The summed E-state index contributed by atoms with van der Waals surface area (Å²) >= 11 is 0. The molecule has 0 aromatic rings. The Hall–Kier alpha value is -0.530. The number of carbonyl (C=O) groups is 1. The van der Waals surface area contributed by atoms with Gasteiger partial charge < -0.3 is 20.4 Å². The first kappa shape index (κ1) is 8.57. The van der Waals surface area contributed by atoms with Crippen LogP contribution in [0.5, 0.6) is 0 Å². The zero-order valence-corrected chi connectivity index (χ0v) is 5.47. The summed E-state index contributed by atoms with van der Waals surface area (Å²) in [5, 5.41) is 35.0. The highest BCUT2D eigenvalue weighted by molar-refractivity contribution is 5.66. The Kier molecular flexibility index (Phi) is 1.73. The summed E-state index contributed by atoms with van der Waals surface area (Å²) in [5.74, 6) is -4.71. The Morgan fingerprint density at radius 3 is 2.36 bits per heavy atom. The molecule has 0 amide bonds. The first-order valence-corrected chi connectivity index (χ1v) is 2.90. The van der Waals surface area contributed by atoms with Gasteiger partial charge in [-0.1, -0.05) is 0 Å². The van der Waals surface area contributed by atoms with E-state index in [0.717, 1.165) is 0 Å². The average molecular weight is 164 g/mol. The zero-order chi connectivity index (χ0) is 8.70. The van der Waals surface area contributed by atoms with Crippen LogP contribution in [0.4, 0.5) is 0 Å². The summed E-state index contributed by atoms with van der Waals surface area (Å²) in [6.45, 7) is -0.799. The molecule has 0 unspecified atom stereocenters. The largest absolute Gasteiger partial charge is 0.393 e. The monoisotopic (exact) mass is 164 g/mol. The van der Waals surface area contributed by atoms with Crippen LogP contribution >= 0.6 is 0 Å². The van der Waals surface area contributed by atoms with Crippen LogP contribution in [0.25, 0.3) is 0 Å². The quantitative estimate of drug-likeness (QED) is 0.260. The minimum absolute atomic E-state index is 0.0497. The maximum atomic E-state index is 10.00. The Bertz CT molecular complexity index is 182. The highest BCUT2D eigenvalue weighted by Crippen LogP contribution is 2.44. The lowest BCUT2D eigenvalue weighted by atomic mass is 10.1. The lowest BCUT2D eigenvalue weighted by Crippen LogP contribution is -2.40. The van der Waals surface area contributed by atoms with Crippen molar-refractivity contribution in [2.24, 2.45) is 0 Å². The Morgan fingerprint density at radius 2 is 2.09 bits per heavy atom. The molecule has 0 aromatic heterocycles. The number of rotatable bonds is 3. The van der Waals surface area contributed by atoms with Gasteiger partial charge in [-0.15, -0.1) is 0 Å². The van der Waals surface area contributed by atoms with E-state index in [2.05, 4.69) is 4.74 Å². The summed E-state index contributed by atoms with van der Waals surface area (Å²) in [7, 11) is 0. The van der Waals surface area contributed by atoms with Gasteiger partial charge in [0.25, 0.3) is 11.6 Å². The van der Waals surface area contributed by atoms with E-state index in [9.17, 15) is 4.79 Å². The van der Waals surface area contributed by atoms with Crippen LogP contribution < -0.4 is 0 Å². The molecule has 1 saturated heterocycles. The van der Waals surface area contributed by atoms with Crippen LogP contribution in [0.3, 0.4) is 0 Å². The zero-order valence-electron chi connectivity index (χ0n) is 5.47. The fourth-order valence-electron chi connectivity index (χ4n) is 0.751. The van der Waals surface area contributed by atoms with Gasteiger partial charge in [0.15, 0.2) is 6.29 Å². The van der Waals surface area contributed by atoms with Crippen LogP contribution in [0, 0.1) is 0 Å². The summed E-state index contributed by atoms with van der Waals surface area (Å²) < 4.78 is 4.13. The third-order valence-electron chi connectivity index (χ3n) is 1.57. The van der Waals surface area contributed by atoms with Crippen LogP contribution in [-0.2, 0) is 9.53 Å². The molecular weight excluding hydrogens is 156 g/mol. The molecule has 6 heteroatoms. The first-order chi connectivity index (χ1) is 5.00. The summed E-state index contributed by atoms with van der Waals surface area (Å²) in [5.41, 5.74) is 0. The standard InChI is InChI=1S/C5H8O6/c6-1-3(8)5(10)4(9,2-7)11-5/h2-3,6,8-10H,1H2/t3-,4-,5+/m1/s1. The summed E-state index contributed by atoms with van der Waals surface area (Å²) in [6, 6.07) is 0. The van der Waals surface area contributed by atoms with E-state index >= 15 is 0 Å². The minimum atomic E-state index is -2.37. The van der Waals surface area contributed by atoms with Crippen molar-refractivity contribution in [3.8, 4) is 0 Å². The van der Waals surface area contributed by atoms with Gasteiger partial charge in [0.05, 0.1) is 6.61 Å². The summed E-state index contributed by atoms with van der Waals surface area (Å²) in [6.07, 6.45) is -1.73. The number of ether oxygens (including phenoxy) is 1. The predicted octanol–water partition coefficient (Wildman–Crippen LogP) is -3.05. The van der Waals surface area contributed by atoms with Gasteiger partial charge in [-0.2, -0.15) is 0 Å². The van der Waals surface area contributed by atoms with Crippen LogP contribution in [0.2, 0.25) is 0 Å². The molecule has 4 N–H and O–H groups in total. The fraction of sp³-hybridized carbons (Fsp3) is 0.800. The highest BCUT2D eigenvalue weighted by atomic mass is 16.8. The molecule has 1 rings (SSSR count). The van der Waals surface area contributed by atoms with E-state index < -0.39 is 24.3 Å². The Balaban J connectivity index is 2.68. The molecule has 1 aliphatic heterocycles. The fourth-order valence-corrected chi connectivity index (χ4v) is 0.751. The molecule has 6 nitrogen and oxygen atoms in total. The van der Waals surface area contributed by atoms with E-state index in [-0.39, 0.29) is 6.29 Å². The molecule has 0 aromatic carbocycles. The van der Waals surface area contributed by atoms with Gasteiger partial charge in [-0.3, -0.25) is 9.53 Å². The van der Waals surface area contributed by atoms with Crippen molar-refractivity contribution in [1.82, 2.24) is 0 Å². The molecular formula is C5H8O6. The number of epoxide rings is 1. The van der Waals surface area contributed by atoms with Crippen molar-refractivity contribution < 1.29 is 30.0 Å². The van der Waals surface area contributed by atoms with Gasteiger partial charge >= 0.3 is 0 Å². The van der Waals surface area contributed by atoms with Gasteiger partial charge in [0.2, 0.25) is 0 Å². The van der Waals surface area contributed by atoms with Crippen LogP contribution in [0.15, 0.2) is 0 Å². The molecule has 0 saturated carbocycles. The Labute approximate surface area is 61.6 Å². The third kappa shape index (κ3) is 0.959. The van der Waals surface area contributed by atoms with Crippen molar-refractivity contribution in [1.29, 1.82) is 0 Å². The lowest BCUT2D eigenvalue weighted by molar-refractivity contribution is -0.127. The van der Waals surface area contributed by atoms with E-state index in [0.29, 0.717) is 0 Å². The van der Waals surface area contributed by atoms with Gasteiger partial charge in [-0.25, -0.2) is 0 Å². The average Bonchev–Trinajstić information content (AvgIpc) is 2.56. The molecule has 3 atom stereocenters. The van der Waals surface area contributed by atoms with E-state index in [1.54, 1.807) is 0 Å². The van der Waals surface area contributed by atoms with E-state index in [1.165, 1.54) is 0 Å². The maximum absolute atomic E-state index is 10.00. The molecule has 64 valence electrons. The smallest absolute Gasteiger partial charge is 0.285 e. The molecule has 0 aliphatic carbocycles. The number of aliphatic hydroxyl groups is 4. The molecule has 0 spiro atoms. The van der Waals surface area contributed by atoms with E-state index in [1.807, 2.05) is 0 Å². The number of aldehydes is 1. The molecule has 1 aliphatic rings. The van der Waals surface area contributed by atoms with Crippen molar-refractivity contribution in [2.75, 3.05) is 6.61 Å². The SMILES string of the molecule is O=C[C@@]1(O)O[C@@]1(O)[C@H](O)CO. The molecule has 11 heavy (non-hydrogen) atoms. The van der Waals surface area contributed by atoms with Crippen LogP contribution in [-0.4, -0.2) is 51.0 Å². The number of aliphatic hydroxyl groups excluding tert-OH is 2. The number of hydrogen-bond acceptors (Lipinski definition) is 6. The highest BCUT2D eigenvalue weighted by Gasteiger charge is 2.74. The van der Waals surface area contributed by atoms with Gasteiger partial charge in [0.1, 0.15) is 6.10 Å². The second-order valence-electron chi connectivity index (χ2n) is 2.31. The van der Waals surface area contributed by atoms with Crippen molar-refractivity contribution in [3.05, 3.63) is 0 Å². The predicted molar refractivity (Wildman–Crippen MR) is 30.1 cm³/mol. The second kappa shape index (κ2) is 2.23. The number of carbonyl (C=O) groups excluding carboxylic acids is 1. The van der Waals surface area contributed by atoms with Gasteiger partial charge in [-0.05, 0) is 0 Å². The molecule has 1 heterocycles. The van der Waals surface area contributed by atoms with Crippen molar-refractivity contribution in [2.45, 2.75) is 17.7 Å². The molecule has 0 radical (unpaired) electrons. The lowest BCUT2D eigenvalue weighted by Gasteiger charge is -2.10. The van der Waals surface area contributed by atoms with E-state index in [4.69, 9.17) is 20.4 Å². The Morgan fingerprint density at radius 1 is 1.55 bits per heavy atom. The van der Waals surface area contributed by atoms with Gasteiger partial charge in [0, 0.05) is 0 Å². The van der Waals surface area contributed by atoms with Crippen molar-refractivity contribution in [3.63, 3.8) is 0 Å². The first-order valence-electron chi connectivity index (χ1n) is 2.90. The second-order valence-corrected chi connectivity index (χ2v) is 2.31. The topological polar surface area (TPSA) is 111 Å². The maximum Gasteiger partial charge on any atom is 0.285 e. The van der Waals surface area contributed by atoms with Crippen LogP contribution in [0.1, 0.15) is 0 Å². The molecule has 1 fully saturated rings. The summed E-state index contributed by atoms with van der Waals surface area (Å²) in [4.78, 5) is 10.00. The van der Waals surface area contributed by atoms with Crippen molar-refractivity contribution >= 4 is 6.29 Å². The molecule has 0 bridgehead atoms. The normalized spacial score (nSPS) is 45.1.